The van der Waals surface area contributed by atoms with Crippen molar-refractivity contribution < 1.29 is 4.79 Å². The van der Waals surface area contributed by atoms with Crippen molar-refractivity contribution in [2.45, 2.75) is 44.3 Å². The number of Topliss-reactive ketones (excluding diaryl/α,β-unsaturated/α-hetero) is 1. The van der Waals surface area contributed by atoms with Gasteiger partial charge in [-0.15, -0.1) is 11.8 Å². The molecule has 1 atom stereocenters. The zero-order chi connectivity index (χ0) is 9.52. The largest absolute Gasteiger partial charge is 0.298 e. The molecule has 1 aliphatic heterocycles. The lowest BCUT2D eigenvalue weighted by Gasteiger charge is -2.19. The van der Waals surface area contributed by atoms with E-state index >= 15 is 0 Å². The average molecular weight is 196 g/mol. The molecule has 0 bridgehead atoms. The van der Waals surface area contributed by atoms with Gasteiger partial charge in [-0.1, -0.05) is 6.42 Å². The van der Waals surface area contributed by atoms with Gasteiger partial charge < -0.3 is 0 Å². The SMILES string of the molecule is CC#CCCC(=O)C1CCCCS1. The third-order valence-corrected chi connectivity index (χ3v) is 3.64. The zero-order valence-electron chi connectivity index (χ0n) is 8.14. The second-order valence-corrected chi connectivity index (χ2v) is 4.56. The molecule has 0 aromatic carbocycles. The Kier molecular flexibility index (Phi) is 5.00. The summed E-state index contributed by atoms with van der Waals surface area (Å²) < 4.78 is 0. The normalized spacial score (nSPS) is 21.8. The number of thioether (sulfide) groups is 1. The molecule has 0 spiro atoms. The molecule has 13 heavy (non-hydrogen) atoms. The molecule has 1 heterocycles. The molecule has 0 amide bonds. The fraction of sp³-hybridized carbons (Fsp3) is 0.727. The fourth-order valence-corrected chi connectivity index (χ4v) is 2.76. The Morgan fingerprint density at radius 1 is 1.54 bits per heavy atom. The van der Waals surface area contributed by atoms with E-state index in [4.69, 9.17) is 0 Å². The third-order valence-electron chi connectivity index (χ3n) is 2.21. The van der Waals surface area contributed by atoms with Crippen LogP contribution in [0.1, 0.15) is 39.0 Å². The molecule has 1 saturated heterocycles. The van der Waals surface area contributed by atoms with Crippen molar-refractivity contribution >= 4 is 17.5 Å². The highest BCUT2D eigenvalue weighted by Crippen LogP contribution is 2.26. The van der Waals surface area contributed by atoms with Gasteiger partial charge in [-0.2, -0.15) is 11.8 Å². The molecule has 0 N–H and O–H groups in total. The summed E-state index contributed by atoms with van der Waals surface area (Å²) in [4.78, 5) is 11.6. The molecule has 1 fully saturated rings. The number of carbonyl (C=O) groups excluding carboxylic acids is 1. The quantitative estimate of drug-likeness (QED) is 0.645. The first-order valence-electron chi connectivity index (χ1n) is 4.88. The monoisotopic (exact) mass is 196 g/mol. The van der Waals surface area contributed by atoms with Gasteiger partial charge in [0.2, 0.25) is 0 Å². The minimum absolute atomic E-state index is 0.285. The molecule has 2 heteroatoms. The molecule has 0 aromatic heterocycles. The summed E-state index contributed by atoms with van der Waals surface area (Å²) in [6.45, 7) is 1.82. The minimum Gasteiger partial charge on any atom is -0.298 e. The Balaban J connectivity index is 2.23. The van der Waals surface area contributed by atoms with Crippen LogP contribution in [0, 0.1) is 11.8 Å². The van der Waals surface area contributed by atoms with Gasteiger partial charge in [-0.25, -0.2) is 0 Å². The number of hydrogen-bond donors (Lipinski definition) is 0. The van der Waals surface area contributed by atoms with Crippen molar-refractivity contribution in [1.82, 2.24) is 0 Å². The summed E-state index contributed by atoms with van der Waals surface area (Å²) >= 11 is 1.83. The van der Waals surface area contributed by atoms with Crippen molar-refractivity contribution in [3.05, 3.63) is 0 Å². The van der Waals surface area contributed by atoms with Crippen LogP contribution in [0.2, 0.25) is 0 Å². The maximum Gasteiger partial charge on any atom is 0.146 e. The van der Waals surface area contributed by atoms with Crippen LogP contribution >= 0.6 is 11.8 Å². The molecule has 0 saturated carbocycles. The molecular weight excluding hydrogens is 180 g/mol. The minimum atomic E-state index is 0.285. The van der Waals surface area contributed by atoms with Crippen molar-refractivity contribution in [1.29, 1.82) is 0 Å². The average Bonchev–Trinajstić information content (AvgIpc) is 2.19. The van der Waals surface area contributed by atoms with Gasteiger partial charge in [0, 0.05) is 12.8 Å². The number of rotatable bonds is 3. The van der Waals surface area contributed by atoms with Gasteiger partial charge in [-0.05, 0) is 25.5 Å². The lowest BCUT2D eigenvalue weighted by Crippen LogP contribution is -2.20. The first kappa shape index (κ1) is 10.7. The van der Waals surface area contributed by atoms with Crippen LogP contribution in [0.15, 0.2) is 0 Å². The van der Waals surface area contributed by atoms with Crippen LogP contribution in [-0.4, -0.2) is 16.8 Å². The topological polar surface area (TPSA) is 17.1 Å². The highest BCUT2D eigenvalue weighted by molar-refractivity contribution is 8.00. The Hall–Kier alpha value is -0.420. The van der Waals surface area contributed by atoms with E-state index in [1.165, 1.54) is 12.8 Å². The molecule has 0 radical (unpaired) electrons. The smallest absolute Gasteiger partial charge is 0.146 e. The van der Waals surface area contributed by atoms with Crippen LogP contribution in [0.4, 0.5) is 0 Å². The van der Waals surface area contributed by atoms with Crippen molar-refractivity contribution in [2.75, 3.05) is 5.75 Å². The Labute approximate surface area is 84.7 Å². The van der Waals surface area contributed by atoms with Gasteiger partial charge in [-0.3, -0.25) is 4.79 Å². The van der Waals surface area contributed by atoms with E-state index in [0.29, 0.717) is 12.2 Å². The highest BCUT2D eigenvalue weighted by Gasteiger charge is 2.20. The van der Waals surface area contributed by atoms with E-state index in [0.717, 1.165) is 18.6 Å². The summed E-state index contributed by atoms with van der Waals surface area (Å²) in [6, 6.07) is 0. The predicted octanol–water partition coefficient (Wildman–Crippen LogP) is 2.64. The molecule has 0 aliphatic carbocycles. The van der Waals surface area contributed by atoms with Crippen LogP contribution in [0.5, 0.6) is 0 Å². The first-order chi connectivity index (χ1) is 6.34. The van der Waals surface area contributed by atoms with Crippen LogP contribution < -0.4 is 0 Å². The Morgan fingerprint density at radius 3 is 3.00 bits per heavy atom. The summed E-state index contributed by atoms with van der Waals surface area (Å²) in [6.07, 6.45) is 4.99. The van der Waals surface area contributed by atoms with E-state index in [-0.39, 0.29) is 5.25 Å². The van der Waals surface area contributed by atoms with E-state index in [2.05, 4.69) is 11.8 Å². The Bertz CT molecular complexity index is 218. The molecule has 0 aromatic rings. The van der Waals surface area contributed by atoms with Crippen LogP contribution in [-0.2, 0) is 4.79 Å². The van der Waals surface area contributed by atoms with Gasteiger partial charge in [0.1, 0.15) is 5.78 Å². The maximum absolute atomic E-state index is 11.6. The van der Waals surface area contributed by atoms with E-state index in [1.54, 1.807) is 0 Å². The van der Waals surface area contributed by atoms with Crippen LogP contribution in [0.3, 0.4) is 0 Å². The second-order valence-electron chi connectivity index (χ2n) is 3.25. The maximum atomic E-state index is 11.6. The van der Waals surface area contributed by atoms with Gasteiger partial charge >= 0.3 is 0 Å². The number of hydrogen-bond acceptors (Lipinski definition) is 2. The molecule has 1 unspecified atom stereocenters. The number of ketones is 1. The third kappa shape index (κ3) is 3.87. The van der Waals surface area contributed by atoms with Crippen molar-refractivity contribution in [3.63, 3.8) is 0 Å². The first-order valence-corrected chi connectivity index (χ1v) is 5.93. The summed E-state index contributed by atoms with van der Waals surface area (Å²) in [7, 11) is 0. The second kappa shape index (κ2) is 6.10. The van der Waals surface area contributed by atoms with Crippen LogP contribution in [0.25, 0.3) is 0 Å². The lowest BCUT2D eigenvalue weighted by atomic mass is 10.1. The molecular formula is C11H16OS. The van der Waals surface area contributed by atoms with Gasteiger partial charge in [0.15, 0.2) is 0 Å². The summed E-state index contributed by atoms with van der Waals surface area (Å²) in [5.74, 6) is 7.33. The molecule has 72 valence electrons. The Morgan fingerprint density at radius 2 is 2.38 bits per heavy atom. The summed E-state index contributed by atoms with van der Waals surface area (Å²) in [5.41, 5.74) is 0. The standard InChI is InChI=1S/C11H16OS/c1-2-3-4-7-10(12)11-8-5-6-9-13-11/h11H,4-9H2,1H3. The summed E-state index contributed by atoms with van der Waals surface area (Å²) in [5, 5.41) is 0.285. The van der Waals surface area contributed by atoms with E-state index in [1.807, 2.05) is 18.7 Å². The van der Waals surface area contributed by atoms with Crippen molar-refractivity contribution in [2.24, 2.45) is 0 Å². The predicted molar refractivity (Wildman–Crippen MR) is 57.8 cm³/mol. The van der Waals surface area contributed by atoms with Gasteiger partial charge in [0.25, 0.3) is 0 Å². The van der Waals surface area contributed by atoms with E-state index in [9.17, 15) is 4.79 Å². The lowest BCUT2D eigenvalue weighted by molar-refractivity contribution is -0.118. The highest BCUT2D eigenvalue weighted by atomic mass is 32.2. The van der Waals surface area contributed by atoms with E-state index < -0.39 is 0 Å². The van der Waals surface area contributed by atoms with Crippen molar-refractivity contribution in [3.8, 4) is 11.8 Å². The molecule has 1 rings (SSSR count). The van der Waals surface area contributed by atoms with Gasteiger partial charge in [0.05, 0.1) is 5.25 Å². The number of carbonyl (C=O) groups is 1. The zero-order valence-corrected chi connectivity index (χ0v) is 8.95. The fourth-order valence-electron chi connectivity index (χ4n) is 1.47. The molecule has 1 aliphatic rings. The molecule has 1 nitrogen and oxygen atoms in total.